The van der Waals surface area contributed by atoms with E-state index in [0.29, 0.717) is 17.0 Å². The van der Waals surface area contributed by atoms with Gasteiger partial charge in [0.15, 0.2) is 0 Å². The van der Waals surface area contributed by atoms with Gasteiger partial charge in [-0.1, -0.05) is 19.1 Å². The smallest absolute Gasteiger partial charge is 0.343 e. The first-order chi connectivity index (χ1) is 11.2. The first kappa shape index (κ1) is 15.3. The predicted molar refractivity (Wildman–Crippen MR) is 88.6 cm³/mol. The van der Waals surface area contributed by atoms with E-state index in [1.165, 1.54) is 5.56 Å². The van der Waals surface area contributed by atoms with Crippen LogP contribution >= 0.6 is 0 Å². The Morgan fingerprint density at radius 3 is 2.26 bits per heavy atom. The van der Waals surface area contributed by atoms with Crippen LogP contribution in [0.5, 0.6) is 5.75 Å². The fraction of sp³-hybridized carbons (Fsp3) is 0.263. The third-order valence-electron chi connectivity index (χ3n) is 3.88. The zero-order valence-corrected chi connectivity index (χ0v) is 13.0. The van der Waals surface area contributed by atoms with Crippen molar-refractivity contribution in [2.45, 2.75) is 26.2 Å². The van der Waals surface area contributed by atoms with E-state index < -0.39 is 5.97 Å². The summed E-state index contributed by atoms with van der Waals surface area (Å²) in [5.41, 5.74) is 2.35. The molecule has 0 saturated heterocycles. The lowest BCUT2D eigenvalue weighted by Gasteiger charge is -2.07. The molecule has 3 rings (SSSR count). The maximum atomic E-state index is 12.1. The number of ether oxygens (including phenoxy) is 1. The summed E-state index contributed by atoms with van der Waals surface area (Å²) in [6.45, 7) is 2.07. The van der Waals surface area contributed by atoms with Crippen LogP contribution in [-0.2, 0) is 11.2 Å². The van der Waals surface area contributed by atoms with Crippen molar-refractivity contribution in [2.24, 2.45) is 5.92 Å². The molecule has 118 valence electrons. The monoisotopic (exact) mass is 309 g/mol. The summed E-state index contributed by atoms with van der Waals surface area (Å²) in [5, 5.41) is 2.84. The van der Waals surface area contributed by atoms with Crippen LogP contribution in [0.4, 0.5) is 5.69 Å². The highest BCUT2D eigenvalue weighted by Gasteiger charge is 2.29. The summed E-state index contributed by atoms with van der Waals surface area (Å²) in [5.74, 6) is 0.328. The number of aryl methyl sites for hydroxylation is 1. The topological polar surface area (TPSA) is 55.4 Å². The Labute approximate surface area is 135 Å². The van der Waals surface area contributed by atoms with Gasteiger partial charge in [0.1, 0.15) is 5.75 Å². The van der Waals surface area contributed by atoms with Crippen LogP contribution in [0.25, 0.3) is 0 Å². The zero-order valence-electron chi connectivity index (χ0n) is 13.0. The number of amides is 1. The minimum Gasteiger partial charge on any atom is -0.423 e. The van der Waals surface area contributed by atoms with Gasteiger partial charge in [0.05, 0.1) is 5.56 Å². The molecule has 0 radical (unpaired) electrons. The Balaban J connectivity index is 1.61. The maximum Gasteiger partial charge on any atom is 0.343 e. The van der Waals surface area contributed by atoms with E-state index in [-0.39, 0.29) is 11.8 Å². The van der Waals surface area contributed by atoms with E-state index in [0.717, 1.165) is 19.3 Å². The number of hydrogen-bond acceptors (Lipinski definition) is 3. The van der Waals surface area contributed by atoms with Crippen molar-refractivity contribution in [3.63, 3.8) is 0 Å². The van der Waals surface area contributed by atoms with Crippen molar-refractivity contribution >= 4 is 17.6 Å². The van der Waals surface area contributed by atoms with Gasteiger partial charge < -0.3 is 10.1 Å². The van der Waals surface area contributed by atoms with Gasteiger partial charge in [0.25, 0.3) is 0 Å². The molecule has 2 aromatic carbocycles. The quantitative estimate of drug-likeness (QED) is 0.675. The summed E-state index contributed by atoms with van der Waals surface area (Å²) < 4.78 is 5.34. The van der Waals surface area contributed by atoms with Gasteiger partial charge in [-0.15, -0.1) is 0 Å². The highest BCUT2D eigenvalue weighted by atomic mass is 16.5. The van der Waals surface area contributed by atoms with Gasteiger partial charge in [0, 0.05) is 11.6 Å². The van der Waals surface area contributed by atoms with Gasteiger partial charge in [-0.2, -0.15) is 0 Å². The lowest BCUT2D eigenvalue weighted by atomic mass is 10.1. The summed E-state index contributed by atoms with van der Waals surface area (Å²) >= 11 is 0. The average molecular weight is 309 g/mol. The fourth-order valence-corrected chi connectivity index (χ4v) is 2.24. The molecule has 0 spiro atoms. The summed E-state index contributed by atoms with van der Waals surface area (Å²) in [7, 11) is 0. The van der Waals surface area contributed by atoms with Gasteiger partial charge in [-0.3, -0.25) is 4.79 Å². The molecule has 4 heteroatoms. The van der Waals surface area contributed by atoms with Crippen LogP contribution < -0.4 is 10.1 Å². The molecule has 1 aliphatic rings. The number of benzene rings is 2. The SMILES string of the molecule is CCc1ccc(OC(=O)c2ccc(NC(=O)C3CC3)cc2)cc1. The van der Waals surface area contributed by atoms with Crippen LogP contribution in [0.2, 0.25) is 0 Å². The summed E-state index contributed by atoms with van der Waals surface area (Å²) in [6.07, 6.45) is 2.88. The van der Waals surface area contributed by atoms with E-state index in [2.05, 4.69) is 12.2 Å². The van der Waals surface area contributed by atoms with Gasteiger partial charge >= 0.3 is 5.97 Å². The predicted octanol–water partition coefficient (Wildman–Crippen LogP) is 3.82. The maximum absolute atomic E-state index is 12.1. The van der Waals surface area contributed by atoms with Crippen molar-refractivity contribution in [3.05, 3.63) is 59.7 Å². The number of carbonyl (C=O) groups is 2. The molecular formula is C19H19NO3. The lowest BCUT2D eigenvalue weighted by molar-refractivity contribution is -0.117. The van der Waals surface area contributed by atoms with Gasteiger partial charge in [-0.05, 0) is 61.2 Å². The summed E-state index contributed by atoms with van der Waals surface area (Å²) in [6, 6.07) is 14.2. The standard InChI is InChI=1S/C19H19NO3/c1-2-13-3-11-17(12-4-13)23-19(22)15-7-9-16(10-8-15)20-18(21)14-5-6-14/h3-4,7-12,14H,2,5-6H2,1H3,(H,20,21). The Morgan fingerprint density at radius 2 is 1.70 bits per heavy atom. The molecule has 0 aliphatic heterocycles. The van der Waals surface area contributed by atoms with Crippen molar-refractivity contribution in [2.75, 3.05) is 5.32 Å². The van der Waals surface area contributed by atoms with Crippen molar-refractivity contribution in [1.29, 1.82) is 0 Å². The Hall–Kier alpha value is -2.62. The average Bonchev–Trinajstić information content (AvgIpc) is 3.41. The van der Waals surface area contributed by atoms with Crippen LogP contribution in [0.15, 0.2) is 48.5 Å². The highest BCUT2D eigenvalue weighted by molar-refractivity contribution is 5.95. The highest BCUT2D eigenvalue weighted by Crippen LogP contribution is 2.30. The number of hydrogen-bond donors (Lipinski definition) is 1. The van der Waals surface area contributed by atoms with Crippen LogP contribution in [0, 0.1) is 5.92 Å². The third-order valence-corrected chi connectivity index (χ3v) is 3.88. The molecule has 0 aromatic heterocycles. The van der Waals surface area contributed by atoms with E-state index in [9.17, 15) is 9.59 Å². The van der Waals surface area contributed by atoms with Crippen LogP contribution in [-0.4, -0.2) is 11.9 Å². The van der Waals surface area contributed by atoms with E-state index >= 15 is 0 Å². The van der Waals surface area contributed by atoms with E-state index in [1.807, 2.05) is 12.1 Å². The molecule has 1 fully saturated rings. The van der Waals surface area contributed by atoms with Crippen molar-refractivity contribution in [1.82, 2.24) is 0 Å². The molecule has 4 nitrogen and oxygen atoms in total. The second kappa shape index (κ2) is 6.65. The molecule has 0 heterocycles. The number of carbonyl (C=O) groups excluding carboxylic acids is 2. The molecule has 2 aromatic rings. The lowest BCUT2D eigenvalue weighted by Crippen LogP contribution is -2.13. The van der Waals surface area contributed by atoms with Crippen molar-refractivity contribution < 1.29 is 14.3 Å². The molecule has 1 amide bonds. The van der Waals surface area contributed by atoms with E-state index in [4.69, 9.17) is 4.74 Å². The first-order valence-electron chi connectivity index (χ1n) is 7.88. The molecular weight excluding hydrogens is 290 g/mol. The van der Waals surface area contributed by atoms with Gasteiger partial charge in [-0.25, -0.2) is 4.79 Å². The fourth-order valence-electron chi connectivity index (χ4n) is 2.24. The first-order valence-corrected chi connectivity index (χ1v) is 7.88. The number of nitrogens with one attached hydrogen (secondary N) is 1. The molecule has 0 atom stereocenters. The molecule has 1 aliphatic carbocycles. The minimum atomic E-state index is -0.408. The molecule has 0 unspecified atom stereocenters. The van der Waals surface area contributed by atoms with Crippen LogP contribution in [0.1, 0.15) is 35.7 Å². The second-order valence-corrected chi connectivity index (χ2v) is 5.73. The van der Waals surface area contributed by atoms with Crippen molar-refractivity contribution in [3.8, 4) is 5.75 Å². The largest absolute Gasteiger partial charge is 0.423 e. The molecule has 0 bridgehead atoms. The minimum absolute atomic E-state index is 0.0522. The normalized spacial score (nSPS) is 13.4. The Bertz CT molecular complexity index is 700. The molecule has 1 N–H and O–H groups in total. The van der Waals surface area contributed by atoms with E-state index in [1.54, 1.807) is 36.4 Å². The zero-order chi connectivity index (χ0) is 16.2. The number of rotatable bonds is 5. The van der Waals surface area contributed by atoms with Crippen LogP contribution in [0.3, 0.4) is 0 Å². The third kappa shape index (κ3) is 3.97. The number of anilines is 1. The second-order valence-electron chi connectivity index (χ2n) is 5.73. The van der Waals surface area contributed by atoms with Gasteiger partial charge in [0.2, 0.25) is 5.91 Å². The Kier molecular flexibility index (Phi) is 4.42. The molecule has 1 saturated carbocycles. The summed E-state index contributed by atoms with van der Waals surface area (Å²) in [4.78, 5) is 23.8. The molecule has 23 heavy (non-hydrogen) atoms. The number of esters is 1. The Morgan fingerprint density at radius 1 is 1.04 bits per heavy atom.